The highest BCUT2D eigenvalue weighted by atomic mass is 14.2. The minimum atomic E-state index is 1.33. The Morgan fingerprint density at radius 1 is 0.117 bits per heavy atom. The van der Waals surface area contributed by atoms with Crippen LogP contribution in [-0.2, 0) is 0 Å². The molecular formula is C60H36. The van der Waals surface area contributed by atoms with Gasteiger partial charge in [-0.25, -0.2) is 0 Å². The predicted octanol–water partition coefficient (Wildman–Crippen LogP) is 17.2. The molecule has 0 bridgehead atoms. The van der Waals surface area contributed by atoms with Crippen LogP contribution in [0.25, 0.3) is 129 Å². The number of hydrogen-bond acceptors (Lipinski definition) is 0. The van der Waals surface area contributed by atoms with E-state index in [-0.39, 0.29) is 0 Å². The molecule has 0 atom stereocenters. The van der Waals surface area contributed by atoms with Crippen LogP contribution in [0.4, 0.5) is 0 Å². The Morgan fingerprint density at radius 2 is 0.217 bits per heavy atom. The summed E-state index contributed by atoms with van der Waals surface area (Å²) < 4.78 is 0. The lowest BCUT2D eigenvalue weighted by molar-refractivity contribution is 1.78. The SMILES string of the molecule is c1cc2cccc3c4cccc5cccc(c(c1)c23)c54.c1cc2cccc3c4cccc5cccc(c(c1)c23)c54.c1cc2cccc3c4cccc5cccc(c(c1)c23)c54. The summed E-state index contributed by atoms with van der Waals surface area (Å²) >= 11 is 0. The van der Waals surface area contributed by atoms with Gasteiger partial charge in [-0.3, -0.25) is 0 Å². The molecule has 15 rings (SSSR count). The van der Waals surface area contributed by atoms with Gasteiger partial charge in [0, 0.05) is 0 Å². The second kappa shape index (κ2) is 12.9. The molecule has 0 unspecified atom stereocenters. The second-order valence-corrected chi connectivity index (χ2v) is 16.3. The van der Waals surface area contributed by atoms with Gasteiger partial charge in [0.05, 0.1) is 0 Å². The lowest BCUT2D eigenvalue weighted by atomic mass is 9.90. The Bertz CT molecular complexity index is 3180. The molecule has 15 aromatic rings. The Kier molecular flexibility index (Phi) is 7.11. The molecule has 0 aromatic heterocycles. The fourth-order valence-corrected chi connectivity index (χ4v) is 10.7. The fourth-order valence-electron chi connectivity index (χ4n) is 10.7. The van der Waals surface area contributed by atoms with Crippen molar-refractivity contribution in [2.24, 2.45) is 0 Å². The van der Waals surface area contributed by atoms with Gasteiger partial charge in [-0.05, 0) is 129 Å². The van der Waals surface area contributed by atoms with E-state index in [4.69, 9.17) is 0 Å². The molecule has 0 fully saturated rings. The minimum absolute atomic E-state index is 1.33. The maximum Gasteiger partial charge on any atom is -0.00264 e. The normalized spacial score (nSPS) is 12.0. The molecule has 0 radical (unpaired) electrons. The van der Waals surface area contributed by atoms with Crippen LogP contribution >= 0.6 is 0 Å². The molecule has 0 aliphatic carbocycles. The van der Waals surface area contributed by atoms with Crippen molar-refractivity contribution in [3.05, 3.63) is 218 Å². The van der Waals surface area contributed by atoms with Crippen LogP contribution in [-0.4, -0.2) is 0 Å². The van der Waals surface area contributed by atoms with Crippen molar-refractivity contribution in [2.75, 3.05) is 0 Å². The molecule has 0 aliphatic heterocycles. The summed E-state index contributed by atoms with van der Waals surface area (Å²) in [7, 11) is 0. The van der Waals surface area contributed by atoms with Crippen LogP contribution in [0.15, 0.2) is 218 Å². The van der Waals surface area contributed by atoms with Crippen LogP contribution in [0.1, 0.15) is 0 Å². The standard InChI is InChI=1S/3C20H12/c3*1-5-13-6-2-11-17-18-12-4-8-14-7-3-10-16(20(14)18)15(9-1)19(13)17/h3*1-12H. The number of hydrogen-bond donors (Lipinski definition) is 0. The molecule has 0 saturated heterocycles. The average molecular weight is 757 g/mol. The summed E-state index contributed by atoms with van der Waals surface area (Å²) in [5.41, 5.74) is 0. The molecular weight excluding hydrogens is 721 g/mol. The zero-order valence-corrected chi connectivity index (χ0v) is 32.8. The third-order valence-electron chi connectivity index (χ3n) is 13.2. The van der Waals surface area contributed by atoms with Crippen LogP contribution in [0, 0.1) is 0 Å². The first kappa shape index (κ1) is 33.2. The minimum Gasteiger partial charge on any atom is -0.0610 e. The largest absolute Gasteiger partial charge is 0.0610 e. The number of fused-ring (bicyclic) bond motifs is 6. The van der Waals surface area contributed by atoms with Gasteiger partial charge in [-0.2, -0.15) is 0 Å². The first-order valence-electron chi connectivity index (χ1n) is 20.9. The molecule has 15 aromatic carbocycles. The van der Waals surface area contributed by atoms with E-state index in [1.54, 1.807) is 0 Å². The van der Waals surface area contributed by atoms with Gasteiger partial charge in [-0.1, -0.05) is 218 Å². The molecule has 0 heterocycles. The highest BCUT2D eigenvalue weighted by Gasteiger charge is 2.14. The summed E-state index contributed by atoms with van der Waals surface area (Å²) in [4.78, 5) is 0. The van der Waals surface area contributed by atoms with Gasteiger partial charge in [0.25, 0.3) is 0 Å². The van der Waals surface area contributed by atoms with Crippen molar-refractivity contribution in [1.82, 2.24) is 0 Å². The van der Waals surface area contributed by atoms with Gasteiger partial charge in [0.1, 0.15) is 0 Å². The Balaban J connectivity index is 0.0000000926. The van der Waals surface area contributed by atoms with E-state index >= 15 is 0 Å². The number of rotatable bonds is 0. The van der Waals surface area contributed by atoms with E-state index in [2.05, 4.69) is 218 Å². The first-order chi connectivity index (χ1) is 29.8. The van der Waals surface area contributed by atoms with E-state index in [9.17, 15) is 0 Å². The van der Waals surface area contributed by atoms with E-state index in [0.29, 0.717) is 0 Å². The quantitative estimate of drug-likeness (QED) is 0.107. The molecule has 276 valence electrons. The number of benzene rings is 15. The third kappa shape index (κ3) is 4.73. The van der Waals surface area contributed by atoms with E-state index < -0.39 is 0 Å². The molecule has 0 spiro atoms. The summed E-state index contributed by atoms with van der Waals surface area (Å²) in [6, 6.07) is 79.3. The maximum atomic E-state index is 2.25. The van der Waals surface area contributed by atoms with Gasteiger partial charge >= 0.3 is 0 Å². The van der Waals surface area contributed by atoms with E-state index in [1.807, 2.05) is 0 Å². The van der Waals surface area contributed by atoms with Crippen molar-refractivity contribution < 1.29 is 0 Å². The van der Waals surface area contributed by atoms with Crippen molar-refractivity contribution in [2.45, 2.75) is 0 Å². The third-order valence-corrected chi connectivity index (χ3v) is 13.2. The molecule has 0 nitrogen and oxygen atoms in total. The monoisotopic (exact) mass is 756 g/mol. The zero-order valence-electron chi connectivity index (χ0n) is 32.8. The van der Waals surface area contributed by atoms with Gasteiger partial charge in [0.2, 0.25) is 0 Å². The summed E-state index contributed by atoms with van der Waals surface area (Å²) in [6.07, 6.45) is 0. The van der Waals surface area contributed by atoms with Gasteiger partial charge in [-0.15, -0.1) is 0 Å². The van der Waals surface area contributed by atoms with Crippen LogP contribution in [0.2, 0.25) is 0 Å². The second-order valence-electron chi connectivity index (χ2n) is 16.3. The summed E-state index contributed by atoms with van der Waals surface area (Å²) in [5.74, 6) is 0. The van der Waals surface area contributed by atoms with Crippen LogP contribution in [0.3, 0.4) is 0 Å². The lowest BCUT2D eigenvalue weighted by Crippen LogP contribution is -1.85. The Morgan fingerprint density at radius 3 is 0.317 bits per heavy atom. The van der Waals surface area contributed by atoms with E-state index in [0.717, 1.165) is 0 Å². The highest BCUT2D eigenvalue weighted by molar-refractivity contribution is 6.35. The predicted molar refractivity (Wildman–Crippen MR) is 263 cm³/mol. The topological polar surface area (TPSA) is 0 Å². The lowest BCUT2D eigenvalue weighted by Gasteiger charge is -2.13. The van der Waals surface area contributed by atoms with Crippen molar-refractivity contribution in [3.63, 3.8) is 0 Å². The Hall–Kier alpha value is -7.80. The molecule has 0 aliphatic rings. The van der Waals surface area contributed by atoms with Crippen molar-refractivity contribution >= 4 is 129 Å². The first-order valence-corrected chi connectivity index (χ1v) is 20.9. The molecule has 0 N–H and O–H groups in total. The Labute approximate surface area is 346 Å². The zero-order chi connectivity index (χ0) is 39.3. The average Bonchev–Trinajstić information content (AvgIpc) is 3.32. The highest BCUT2D eigenvalue weighted by Crippen LogP contribution is 2.42. The van der Waals surface area contributed by atoms with Crippen LogP contribution in [0.5, 0.6) is 0 Å². The van der Waals surface area contributed by atoms with Crippen molar-refractivity contribution in [3.8, 4) is 0 Å². The van der Waals surface area contributed by atoms with Gasteiger partial charge in [0.15, 0.2) is 0 Å². The van der Waals surface area contributed by atoms with E-state index in [1.165, 1.54) is 129 Å². The smallest absolute Gasteiger partial charge is 0.00264 e. The van der Waals surface area contributed by atoms with Crippen molar-refractivity contribution in [1.29, 1.82) is 0 Å². The fraction of sp³-hybridized carbons (Fsp3) is 0. The molecule has 0 heteroatoms. The van der Waals surface area contributed by atoms with Crippen LogP contribution < -0.4 is 0 Å². The summed E-state index contributed by atoms with van der Waals surface area (Å²) in [5, 5.41) is 32.7. The summed E-state index contributed by atoms with van der Waals surface area (Å²) in [6.45, 7) is 0. The molecule has 60 heavy (non-hydrogen) atoms. The molecule has 0 amide bonds. The molecule has 0 saturated carbocycles. The van der Waals surface area contributed by atoms with Gasteiger partial charge < -0.3 is 0 Å². The maximum absolute atomic E-state index is 2.25.